The molecule has 1 amide bonds. The summed E-state index contributed by atoms with van der Waals surface area (Å²) in [4.78, 5) is 19.6. The largest absolute Gasteiger partial charge is 0.366 e. The van der Waals surface area contributed by atoms with Crippen molar-refractivity contribution in [2.75, 3.05) is 11.9 Å². The van der Waals surface area contributed by atoms with Crippen LogP contribution < -0.4 is 5.32 Å². The SMILES string of the molecule is CC(C)Nc1n[nH]c2nc([C@@H]3CCCCN3C(=O)c3ccnnc3)ccc12. The fourth-order valence-corrected chi connectivity index (χ4v) is 3.55. The number of nitrogens with one attached hydrogen (secondary N) is 2. The maximum Gasteiger partial charge on any atom is 0.256 e. The van der Waals surface area contributed by atoms with Gasteiger partial charge in [0, 0.05) is 12.6 Å². The Labute approximate surface area is 157 Å². The number of fused-ring (bicyclic) bond motifs is 1. The number of aromatic amines is 1. The third-order valence-electron chi connectivity index (χ3n) is 4.81. The first-order valence-electron chi connectivity index (χ1n) is 9.32. The van der Waals surface area contributed by atoms with Crippen molar-refractivity contribution in [1.82, 2.24) is 30.3 Å². The fourth-order valence-electron chi connectivity index (χ4n) is 3.55. The maximum atomic E-state index is 13.0. The molecule has 8 nitrogen and oxygen atoms in total. The third-order valence-corrected chi connectivity index (χ3v) is 4.81. The number of rotatable bonds is 4. The van der Waals surface area contributed by atoms with Crippen molar-refractivity contribution >= 4 is 22.8 Å². The van der Waals surface area contributed by atoms with E-state index in [0.29, 0.717) is 12.1 Å². The van der Waals surface area contributed by atoms with Crippen LogP contribution in [0.2, 0.25) is 0 Å². The zero-order valence-electron chi connectivity index (χ0n) is 15.5. The van der Waals surface area contributed by atoms with Crippen molar-refractivity contribution < 1.29 is 4.79 Å². The van der Waals surface area contributed by atoms with Crippen LogP contribution in [0.3, 0.4) is 0 Å². The van der Waals surface area contributed by atoms with Crippen LogP contribution in [0.1, 0.15) is 55.2 Å². The second-order valence-electron chi connectivity index (χ2n) is 7.14. The summed E-state index contributed by atoms with van der Waals surface area (Å²) in [5, 5.41) is 19.2. The summed E-state index contributed by atoms with van der Waals surface area (Å²) in [6.45, 7) is 4.86. The van der Waals surface area contributed by atoms with E-state index in [4.69, 9.17) is 4.98 Å². The predicted octanol–water partition coefficient (Wildman–Crippen LogP) is 2.94. The fraction of sp³-hybridized carbons (Fsp3) is 0.421. The lowest BCUT2D eigenvalue weighted by atomic mass is 9.97. The van der Waals surface area contributed by atoms with E-state index in [0.717, 1.165) is 41.8 Å². The van der Waals surface area contributed by atoms with Gasteiger partial charge in [-0.3, -0.25) is 9.89 Å². The highest BCUT2D eigenvalue weighted by atomic mass is 16.2. The van der Waals surface area contributed by atoms with Gasteiger partial charge in [0.2, 0.25) is 0 Å². The van der Waals surface area contributed by atoms with Gasteiger partial charge in [0.25, 0.3) is 5.91 Å². The molecule has 8 heteroatoms. The highest BCUT2D eigenvalue weighted by molar-refractivity contribution is 5.94. The second-order valence-corrected chi connectivity index (χ2v) is 7.14. The molecule has 0 radical (unpaired) electrons. The van der Waals surface area contributed by atoms with Crippen LogP contribution in [0.5, 0.6) is 0 Å². The lowest BCUT2D eigenvalue weighted by Gasteiger charge is -2.35. The van der Waals surface area contributed by atoms with Crippen molar-refractivity contribution in [1.29, 1.82) is 0 Å². The van der Waals surface area contributed by atoms with Crippen molar-refractivity contribution in [3.05, 3.63) is 41.9 Å². The van der Waals surface area contributed by atoms with Crippen LogP contribution in [0, 0.1) is 0 Å². The number of hydrogen-bond acceptors (Lipinski definition) is 6. The first-order valence-corrected chi connectivity index (χ1v) is 9.32. The molecule has 2 N–H and O–H groups in total. The summed E-state index contributed by atoms with van der Waals surface area (Å²) in [7, 11) is 0. The highest BCUT2D eigenvalue weighted by Gasteiger charge is 2.30. The van der Waals surface area contributed by atoms with Crippen LogP contribution in [0.25, 0.3) is 11.0 Å². The minimum atomic E-state index is -0.0476. The molecule has 1 saturated heterocycles. The standard InChI is InChI=1S/C19H23N7O/c1-12(2)22-17-14-6-7-15(23-18(14)25-24-17)16-5-3-4-10-26(16)19(27)13-8-9-20-21-11-13/h6-9,11-12,16H,3-5,10H2,1-2H3,(H2,22,23,24,25)/t16-/m0/s1. The smallest absolute Gasteiger partial charge is 0.256 e. The summed E-state index contributed by atoms with van der Waals surface area (Å²) in [5.74, 6) is 0.779. The molecule has 1 aliphatic heterocycles. The molecule has 1 aliphatic rings. The molecule has 0 aromatic carbocycles. The van der Waals surface area contributed by atoms with Gasteiger partial charge < -0.3 is 10.2 Å². The van der Waals surface area contributed by atoms with E-state index in [1.807, 2.05) is 17.0 Å². The number of H-pyrrole nitrogens is 1. The van der Waals surface area contributed by atoms with Gasteiger partial charge in [-0.1, -0.05) is 0 Å². The molecule has 4 rings (SSSR count). The molecule has 27 heavy (non-hydrogen) atoms. The van der Waals surface area contributed by atoms with E-state index in [9.17, 15) is 4.79 Å². The first kappa shape index (κ1) is 17.4. The third kappa shape index (κ3) is 3.47. The number of aromatic nitrogens is 5. The van der Waals surface area contributed by atoms with E-state index < -0.39 is 0 Å². The molecule has 140 valence electrons. The maximum absolute atomic E-state index is 13.0. The normalized spacial score (nSPS) is 17.4. The number of amides is 1. The predicted molar refractivity (Wildman–Crippen MR) is 102 cm³/mol. The van der Waals surface area contributed by atoms with Gasteiger partial charge in [-0.05, 0) is 51.3 Å². The quantitative estimate of drug-likeness (QED) is 0.737. The molecule has 4 heterocycles. The summed E-state index contributed by atoms with van der Waals surface area (Å²) >= 11 is 0. The molecule has 0 spiro atoms. The molecule has 3 aromatic rings. The lowest BCUT2D eigenvalue weighted by molar-refractivity contribution is 0.0605. The Hall–Kier alpha value is -3.03. The molecule has 0 unspecified atom stereocenters. The number of pyridine rings is 1. The number of carbonyl (C=O) groups is 1. The second kappa shape index (κ2) is 7.30. The number of carbonyl (C=O) groups excluding carboxylic acids is 1. The van der Waals surface area contributed by atoms with Gasteiger partial charge in [0.1, 0.15) is 0 Å². The lowest BCUT2D eigenvalue weighted by Crippen LogP contribution is -2.39. The van der Waals surface area contributed by atoms with E-state index >= 15 is 0 Å². The summed E-state index contributed by atoms with van der Waals surface area (Å²) in [5.41, 5.74) is 2.18. The van der Waals surface area contributed by atoms with Crippen LogP contribution in [-0.4, -0.2) is 48.8 Å². The van der Waals surface area contributed by atoms with Crippen molar-refractivity contribution in [2.45, 2.75) is 45.2 Å². The van der Waals surface area contributed by atoms with Crippen LogP contribution in [-0.2, 0) is 0 Å². The number of anilines is 1. The Morgan fingerprint density at radius 2 is 2.15 bits per heavy atom. The molecular weight excluding hydrogens is 342 g/mol. The molecule has 1 atom stereocenters. The molecule has 1 fully saturated rings. The molecular formula is C19H23N7O. The molecule has 0 saturated carbocycles. The van der Waals surface area contributed by atoms with Gasteiger partial charge in [0.05, 0.1) is 35.1 Å². The molecule has 0 bridgehead atoms. The average Bonchev–Trinajstić information content (AvgIpc) is 3.09. The number of piperidine rings is 1. The highest BCUT2D eigenvalue weighted by Crippen LogP contribution is 2.32. The van der Waals surface area contributed by atoms with Gasteiger partial charge in [-0.25, -0.2) is 4.98 Å². The Morgan fingerprint density at radius 3 is 2.93 bits per heavy atom. The monoisotopic (exact) mass is 365 g/mol. The van der Waals surface area contributed by atoms with Crippen LogP contribution in [0.15, 0.2) is 30.6 Å². The Kier molecular flexibility index (Phi) is 4.70. The van der Waals surface area contributed by atoms with E-state index in [1.54, 1.807) is 12.3 Å². The average molecular weight is 365 g/mol. The van der Waals surface area contributed by atoms with Crippen molar-refractivity contribution in [3.63, 3.8) is 0 Å². The Morgan fingerprint density at radius 1 is 1.26 bits per heavy atom. The number of nitrogens with zero attached hydrogens (tertiary/aromatic N) is 5. The van der Waals surface area contributed by atoms with Gasteiger partial charge in [-0.2, -0.15) is 15.3 Å². The Balaban J connectivity index is 1.64. The van der Waals surface area contributed by atoms with E-state index in [2.05, 4.69) is 39.6 Å². The molecule has 0 aliphatic carbocycles. The number of likely N-dealkylation sites (tertiary alicyclic amines) is 1. The minimum absolute atomic E-state index is 0.0247. The Bertz CT molecular complexity index is 938. The van der Waals surface area contributed by atoms with Crippen molar-refractivity contribution in [3.8, 4) is 0 Å². The summed E-state index contributed by atoms with van der Waals surface area (Å²) in [6, 6.07) is 5.98. The van der Waals surface area contributed by atoms with Gasteiger partial charge in [0.15, 0.2) is 11.5 Å². The number of hydrogen-bond donors (Lipinski definition) is 2. The van der Waals surface area contributed by atoms with Gasteiger partial charge >= 0.3 is 0 Å². The van der Waals surface area contributed by atoms with Crippen LogP contribution in [0.4, 0.5) is 5.82 Å². The van der Waals surface area contributed by atoms with Gasteiger partial charge in [-0.15, -0.1) is 0 Å². The molecule has 3 aromatic heterocycles. The van der Waals surface area contributed by atoms with Crippen molar-refractivity contribution in [2.24, 2.45) is 0 Å². The summed E-state index contributed by atoms with van der Waals surface area (Å²) < 4.78 is 0. The summed E-state index contributed by atoms with van der Waals surface area (Å²) in [6.07, 6.45) is 6.03. The van der Waals surface area contributed by atoms with E-state index in [-0.39, 0.29) is 18.0 Å². The zero-order chi connectivity index (χ0) is 18.8. The van der Waals surface area contributed by atoms with Crippen LogP contribution >= 0.6 is 0 Å². The topological polar surface area (TPSA) is 99.7 Å². The first-order chi connectivity index (χ1) is 13.1. The van der Waals surface area contributed by atoms with E-state index in [1.165, 1.54) is 6.20 Å². The minimum Gasteiger partial charge on any atom is -0.366 e. The zero-order valence-corrected chi connectivity index (χ0v) is 15.5.